The third-order valence-corrected chi connectivity index (χ3v) is 5.22. The van der Waals surface area contributed by atoms with Gasteiger partial charge in [-0.1, -0.05) is 52.6 Å². The molecule has 8 heteroatoms. The van der Waals surface area contributed by atoms with Gasteiger partial charge in [0.25, 0.3) is 5.89 Å². The van der Waals surface area contributed by atoms with Gasteiger partial charge >= 0.3 is 0 Å². The Balaban J connectivity index is 1.41. The molecule has 0 N–H and O–H groups in total. The maximum Gasteiger partial charge on any atom is 0.278 e. The number of benzene rings is 2. The number of nitrogens with zero attached hydrogens (tertiary/aromatic N) is 4. The van der Waals surface area contributed by atoms with Gasteiger partial charge in [0, 0.05) is 10.6 Å². The normalized spacial score (nSPS) is 16.1. The Labute approximate surface area is 170 Å². The van der Waals surface area contributed by atoms with Gasteiger partial charge in [-0.25, -0.2) is 0 Å². The second-order valence-electron chi connectivity index (χ2n) is 6.46. The fourth-order valence-electron chi connectivity index (χ4n) is 3.19. The number of halogens is 2. The molecular formula is C20H14Cl2N4O2. The van der Waals surface area contributed by atoms with E-state index in [1.165, 1.54) is 0 Å². The molecule has 4 aromatic rings. The van der Waals surface area contributed by atoms with Crippen LogP contribution < -0.4 is 0 Å². The van der Waals surface area contributed by atoms with Crippen LogP contribution in [0.25, 0.3) is 23.0 Å². The van der Waals surface area contributed by atoms with Crippen LogP contribution in [-0.4, -0.2) is 19.9 Å². The number of hydrogen-bond acceptors (Lipinski definition) is 5. The zero-order chi connectivity index (χ0) is 19.1. The zero-order valence-corrected chi connectivity index (χ0v) is 16.1. The van der Waals surface area contributed by atoms with Crippen molar-refractivity contribution in [2.45, 2.75) is 19.3 Å². The van der Waals surface area contributed by atoms with E-state index in [1.807, 2.05) is 53.2 Å². The summed E-state index contributed by atoms with van der Waals surface area (Å²) < 4.78 is 13.3. The number of fused-ring (bicyclic) bond motifs is 1. The van der Waals surface area contributed by atoms with Crippen LogP contribution in [0.15, 0.2) is 59.1 Å². The Kier molecular flexibility index (Phi) is 4.39. The van der Waals surface area contributed by atoms with Gasteiger partial charge in [-0.05, 0) is 35.9 Å². The molecule has 0 amide bonds. The lowest BCUT2D eigenvalue weighted by Crippen LogP contribution is -2.21. The Morgan fingerprint density at radius 2 is 1.86 bits per heavy atom. The second-order valence-corrected chi connectivity index (χ2v) is 7.30. The smallest absolute Gasteiger partial charge is 0.278 e. The Morgan fingerprint density at radius 1 is 1.04 bits per heavy atom. The third-order valence-electron chi connectivity index (χ3n) is 4.64. The number of aromatic nitrogens is 4. The molecule has 0 bridgehead atoms. The van der Waals surface area contributed by atoms with Crippen LogP contribution in [0.4, 0.5) is 0 Å². The zero-order valence-electron chi connectivity index (χ0n) is 14.5. The van der Waals surface area contributed by atoms with Gasteiger partial charge in [0.2, 0.25) is 5.82 Å². The largest absolute Gasteiger partial charge is 0.365 e. The quantitative estimate of drug-likeness (QED) is 0.463. The van der Waals surface area contributed by atoms with E-state index in [2.05, 4.69) is 15.2 Å². The van der Waals surface area contributed by atoms with E-state index in [4.69, 9.17) is 32.5 Å². The molecule has 3 heterocycles. The Morgan fingerprint density at radius 3 is 2.68 bits per heavy atom. The first-order valence-electron chi connectivity index (χ1n) is 8.70. The number of hydrogen-bond donors (Lipinski definition) is 0. The lowest BCUT2D eigenvalue weighted by atomic mass is 10.1. The predicted octanol–water partition coefficient (Wildman–Crippen LogP) is 5.18. The molecule has 2 aromatic heterocycles. The minimum Gasteiger partial charge on any atom is -0.365 e. The lowest BCUT2D eigenvalue weighted by Gasteiger charge is -2.24. The second kappa shape index (κ2) is 7.05. The van der Waals surface area contributed by atoms with Gasteiger partial charge in [-0.2, -0.15) is 10.1 Å². The maximum atomic E-state index is 6.21. The van der Waals surface area contributed by atoms with E-state index in [0.29, 0.717) is 46.2 Å². The van der Waals surface area contributed by atoms with Crippen LogP contribution in [0.5, 0.6) is 0 Å². The summed E-state index contributed by atoms with van der Waals surface area (Å²) in [6, 6.07) is 16.9. The van der Waals surface area contributed by atoms with Crippen molar-refractivity contribution in [2.24, 2.45) is 0 Å². The fourth-order valence-corrected chi connectivity index (χ4v) is 3.53. The summed E-state index contributed by atoms with van der Waals surface area (Å²) in [5.41, 5.74) is 3.35. The third kappa shape index (κ3) is 3.20. The molecule has 5 rings (SSSR count). The van der Waals surface area contributed by atoms with Crippen molar-refractivity contribution in [1.29, 1.82) is 0 Å². The van der Waals surface area contributed by atoms with E-state index in [-0.39, 0.29) is 6.10 Å². The van der Waals surface area contributed by atoms with Crippen molar-refractivity contribution in [3.8, 4) is 23.0 Å². The van der Waals surface area contributed by atoms with Crippen molar-refractivity contribution in [2.75, 3.05) is 0 Å². The summed E-state index contributed by atoms with van der Waals surface area (Å²) in [5.74, 6) is 0.779. The van der Waals surface area contributed by atoms with Gasteiger partial charge < -0.3 is 9.26 Å². The van der Waals surface area contributed by atoms with Crippen LogP contribution >= 0.6 is 23.2 Å². The van der Waals surface area contributed by atoms with E-state index in [9.17, 15) is 0 Å². The average molecular weight is 413 g/mol. The molecule has 2 aromatic carbocycles. The molecule has 0 spiro atoms. The summed E-state index contributed by atoms with van der Waals surface area (Å²) in [6.07, 6.45) is -0.0844. The molecule has 6 nitrogen and oxygen atoms in total. The first-order valence-corrected chi connectivity index (χ1v) is 9.46. The van der Waals surface area contributed by atoms with Crippen molar-refractivity contribution < 1.29 is 9.26 Å². The molecular weight excluding hydrogens is 399 g/mol. The topological polar surface area (TPSA) is 66.0 Å². The molecule has 0 unspecified atom stereocenters. The van der Waals surface area contributed by atoms with E-state index in [0.717, 1.165) is 11.3 Å². The summed E-state index contributed by atoms with van der Waals surface area (Å²) in [7, 11) is 0. The van der Waals surface area contributed by atoms with Gasteiger partial charge in [-0.3, -0.25) is 4.68 Å². The van der Waals surface area contributed by atoms with Crippen LogP contribution in [0.1, 0.15) is 17.4 Å². The molecule has 28 heavy (non-hydrogen) atoms. The van der Waals surface area contributed by atoms with Crippen molar-refractivity contribution in [3.63, 3.8) is 0 Å². The van der Waals surface area contributed by atoms with Gasteiger partial charge in [-0.15, -0.1) is 0 Å². The standard InChI is InChI=1S/C20H14Cl2N4O2/c21-13-7-5-12(6-8-13)18-10-26-14(11-27-18)9-17(24-26)20-23-19(25-28-20)15-3-1-2-4-16(15)22/h1-9,18H,10-11H2/t18-/m0/s1. The van der Waals surface area contributed by atoms with Crippen LogP contribution in [0.3, 0.4) is 0 Å². The number of rotatable bonds is 3. The lowest BCUT2D eigenvalue weighted by molar-refractivity contribution is -0.00112. The minimum atomic E-state index is -0.0844. The summed E-state index contributed by atoms with van der Waals surface area (Å²) in [6.45, 7) is 1.05. The maximum absolute atomic E-state index is 6.21. The molecule has 140 valence electrons. The van der Waals surface area contributed by atoms with E-state index in [1.54, 1.807) is 6.07 Å². The molecule has 0 saturated carbocycles. The molecule has 0 saturated heterocycles. The Hall–Kier alpha value is -2.67. The molecule has 0 aliphatic carbocycles. The van der Waals surface area contributed by atoms with Gasteiger partial charge in [0.1, 0.15) is 6.10 Å². The monoisotopic (exact) mass is 412 g/mol. The molecule has 0 fully saturated rings. The minimum absolute atomic E-state index is 0.0844. The average Bonchev–Trinajstić information content (AvgIpc) is 3.35. The van der Waals surface area contributed by atoms with Crippen LogP contribution in [0.2, 0.25) is 10.0 Å². The predicted molar refractivity (Wildman–Crippen MR) is 105 cm³/mol. The van der Waals surface area contributed by atoms with E-state index < -0.39 is 0 Å². The highest BCUT2D eigenvalue weighted by atomic mass is 35.5. The highest BCUT2D eigenvalue weighted by Gasteiger charge is 2.24. The summed E-state index contributed by atoms with van der Waals surface area (Å²) >= 11 is 12.2. The fraction of sp³-hybridized carbons (Fsp3) is 0.150. The van der Waals surface area contributed by atoms with Crippen LogP contribution in [0, 0.1) is 0 Å². The van der Waals surface area contributed by atoms with Gasteiger partial charge in [0.15, 0.2) is 5.69 Å². The Bertz CT molecular complexity index is 1140. The molecule has 1 atom stereocenters. The molecule has 1 aliphatic rings. The van der Waals surface area contributed by atoms with Crippen molar-refractivity contribution in [3.05, 3.63) is 75.9 Å². The van der Waals surface area contributed by atoms with E-state index >= 15 is 0 Å². The summed E-state index contributed by atoms with van der Waals surface area (Å²) in [5, 5.41) is 9.93. The van der Waals surface area contributed by atoms with Crippen molar-refractivity contribution >= 4 is 23.2 Å². The molecule has 1 aliphatic heterocycles. The molecule has 0 radical (unpaired) electrons. The SMILES string of the molecule is Clc1ccc([C@@H]2Cn3nc(-c4nc(-c5ccccc5Cl)no4)cc3CO2)cc1. The summed E-state index contributed by atoms with van der Waals surface area (Å²) in [4.78, 5) is 4.45. The highest BCUT2D eigenvalue weighted by molar-refractivity contribution is 6.33. The number of ether oxygens (including phenoxy) is 1. The van der Waals surface area contributed by atoms with Gasteiger partial charge in [0.05, 0.1) is 23.9 Å². The van der Waals surface area contributed by atoms with Crippen LogP contribution in [-0.2, 0) is 17.9 Å². The highest BCUT2D eigenvalue weighted by Crippen LogP contribution is 2.31. The first-order chi connectivity index (χ1) is 13.7. The van der Waals surface area contributed by atoms with Crippen molar-refractivity contribution in [1.82, 2.24) is 19.9 Å². The first kappa shape index (κ1) is 17.4.